The second kappa shape index (κ2) is 6.82. The van der Waals surface area contributed by atoms with Gasteiger partial charge in [0.25, 0.3) is 0 Å². The lowest BCUT2D eigenvalue weighted by Crippen LogP contribution is -2.38. The van der Waals surface area contributed by atoms with Gasteiger partial charge in [-0.2, -0.15) is 0 Å². The lowest BCUT2D eigenvalue weighted by Gasteiger charge is -2.49. The molecule has 4 saturated carbocycles. The van der Waals surface area contributed by atoms with Gasteiger partial charge in [0, 0.05) is 5.56 Å². The van der Waals surface area contributed by atoms with Crippen molar-refractivity contribution in [2.75, 3.05) is 0 Å². The first-order valence-electron chi connectivity index (χ1n) is 10.6. The summed E-state index contributed by atoms with van der Waals surface area (Å²) >= 11 is 0. The molecule has 0 radical (unpaired) electrons. The van der Waals surface area contributed by atoms with Gasteiger partial charge < -0.3 is 4.74 Å². The Morgan fingerprint density at radius 3 is 1.85 bits per heavy atom. The van der Waals surface area contributed by atoms with E-state index < -0.39 is 0 Å². The molecule has 0 saturated heterocycles. The maximum Gasteiger partial charge on any atom is 0.177 e. The number of ether oxygens (including phenoxy) is 1. The van der Waals surface area contributed by atoms with E-state index in [9.17, 15) is 0 Å². The Morgan fingerprint density at radius 2 is 1.26 bits per heavy atom. The van der Waals surface area contributed by atoms with Crippen LogP contribution in [0, 0.1) is 23.7 Å². The standard InChI is InChI=1S/C15H13NO.C10H16/c1-15(12-7-3-2-4-8-12)13-9-5-6-10-14(13)17-11-16-15;1-7-2-9-4-8(1)5-10(3-7)6-9/h2-11H,1H3;7-10H,1-6H2. The van der Waals surface area contributed by atoms with Gasteiger partial charge in [-0.25, -0.2) is 4.99 Å². The molecule has 2 heteroatoms. The maximum absolute atomic E-state index is 5.45. The van der Waals surface area contributed by atoms with Gasteiger partial charge in [0.1, 0.15) is 11.3 Å². The van der Waals surface area contributed by atoms with Crippen molar-refractivity contribution in [3.63, 3.8) is 0 Å². The average Bonchev–Trinajstić information content (AvgIpc) is 2.69. The van der Waals surface area contributed by atoms with E-state index in [1.54, 1.807) is 38.5 Å². The first-order chi connectivity index (χ1) is 13.2. The van der Waals surface area contributed by atoms with Gasteiger partial charge >= 0.3 is 0 Å². The fourth-order valence-electron chi connectivity index (χ4n) is 6.21. The van der Waals surface area contributed by atoms with E-state index in [4.69, 9.17) is 4.74 Å². The predicted molar refractivity (Wildman–Crippen MR) is 110 cm³/mol. The van der Waals surface area contributed by atoms with Gasteiger partial charge in [0.15, 0.2) is 6.40 Å². The van der Waals surface area contributed by atoms with Crippen molar-refractivity contribution < 1.29 is 4.74 Å². The van der Waals surface area contributed by atoms with Crippen molar-refractivity contribution in [3.05, 3.63) is 65.7 Å². The maximum atomic E-state index is 5.45. The van der Waals surface area contributed by atoms with E-state index in [1.165, 1.54) is 35.6 Å². The lowest BCUT2D eigenvalue weighted by molar-refractivity contribution is 0.0198. The molecule has 4 fully saturated rings. The number of para-hydroxylation sites is 1. The zero-order valence-corrected chi connectivity index (χ0v) is 16.2. The third-order valence-electron chi connectivity index (χ3n) is 7.24. The highest BCUT2D eigenvalue weighted by molar-refractivity contribution is 5.62. The molecule has 4 aliphatic carbocycles. The van der Waals surface area contributed by atoms with Gasteiger partial charge in [-0.15, -0.1) is 0 Å². The van der Waals surface area contributed by atoms with Gasteiger partial charge in [-0.1, -0.05) is 48.5 Å². The van der Waals surface area contributed by atoms with E-state index in [-0.39, 0.29) is 5.54 Å². The molecule has 5 aliphatic rings. The van der Waals surface area contributed by atoms with Crippen molar-refractivity contribution in [3.8, 4) is 5.75 Å². The Balaban J connectivity index is 0.000000135. The molecular formula is C25H29NO. The molecule has 0 spiro atoms. The molecule has 0 amide bonds. The van der Waals surface area contributed by atoms with Crippen LogP contribution in [0.25, 0.3) is 0 Å². The molecule has 1 heterocycles. The Kier molecular flexibility index (Phi) is 4.30. The van der Waals surface area contributed by atoms with Crippen molar-refractivity contribution in [1.29, 1.82) is 0 Å². The Labute approximate surface area is 162 Å². The molecule has 27 heavy (non-hydrogen) atoms. The lowest BCUT2D eigenvalue weighted by atomic mass is 9.56. The average molecular weight is 360 g/mol. The third kappa shape index (κ3) is 3.20. The van der Waals surface area contributed by atoms with Gasteiger partial charge in [-0.3, -0.25) is 0 Å². The molecule has 7 rings (SSSR count). The van der Waals surface area contributed by atoms with Gasteiger partial charge in [-0.05, 0) is 80.8 Å². The molecule has 4 bridgehead atoms. The molecule has 2 nitrogen and oxygen atoms in total. The molecule has 1 aliphatic heterocycles. The van der Waals surface area contributed by atoms with Crippen molar-refractivity contribution in [2.24, 2.45) is 28.7 Å². The number of hydrogen-bond acceptors (Lipinski definition) is 2. The minimum atomic E-state index is -0.351. The highest BCUT2D eigenvalue weighted by atomic mass is 16.5. The van der Waals surface area contributed by atoms with Crippen molar-refractivity contribution >= 4 is 6.40 Å². The topological polar surface area (TPSA) is 21.6 Å². The van der Waals surface area contributed by atoms with Crippen LogP contribution >= 0.6 is 0 Å². The zero-order valence-electron chi connectivity index (χ0n) is 16.2. The second-order valence-electron chi connectivity index (χ2n) is 9.17. The minimum Gasteiger partial charge on any atom is -0.446 e. The minimum absolute atomic E-state index is 0.351. The summed E-state index contributed by atoms with van der Waals surface area (Å²) in [7, 11) is 0. The summed E-state index contributed by atoms with van der Waals surface area (Å²) in [5.41, 5.74) is 1.93. The smallest absolute Gasteiger partial charge is 0.177 e. The highest BCUT2D eigenvalue weighted by Gasteiger charge is 2.41. The predicted octanol–water partition coefficient (Wildman–Crippen LogP) is 6.20. The Morgan fingerprint density at radius 1 is 0.741 bits per heavy atom. The monoisotopic (exact) mass is 359 g/mol. The van der Waals surface area contributed by atoms with Crippen LogP contribution in [0.5, 0.6) is 5.75 Å². The van der Waals surface area contributed by atoms with Crippen LogP contribution in [0.3, 0.4) is 0 Å². The van der Waals surface area contributed by atoms with Crippen LogP contribution in [-0.2, 0) is 5.54 Å². The van der Waals surface area contributed by atoms with Crippen LogP contribution in [-0.4, -0.2) is 6.40 Å². The van der Waals surface area contributed by atoms with E-state index >= 15 is 0 Å². The molecule has 0 N–H and O–H groups in total. The first-order valence-corrected chi connectivity index (χ1v) is 10.6. The second-order valence-corrected chi connectivity index (χ2v) is 9.17. The van der Waals surface area contributed by atoms with Crippen molar-refractivity contribution in [2.45, 2.75) is 51.0 Å². The SMILES string of the molecule is C1C2CC3CC1CC(C2)C3.CC1(c2ccccc2)N=COc2ccccc21. The molecule has 140 valence electrons. The van der Waals surface area contributed by atoms with Crippen LogP contribution in [0.4, 0.5) is 0 Å². The number of benzene rings is 2. The Hall–Kier alpha value is -2.09. The Bertz CT molecular complexity index is 771. The van der Waals surface area contributed by atoms with Gasteiger partial charge in [0.2, 0.25) is 0 Å². The normalized spacial score (nSPS) is 35.0. The zero-order chi connectivity index (χ0) is 18.3. The molecular weight excluding hydrogens is 330 g/mol. The van der Waals surface area contributed by atoms with Gasteiger partial charge in [0.05, 0.1) is 0 Å². The number of fused-ring (bicyclic) bond motifs is 1. The summed E-state index contributed by atoms with van der Waals surface area (Å²) < 4.78 is 5.45. The summed E-state index contributed by atoms with van der Waals surface area (Å²) in [4.78, 5) is 4.53. The van der Waals surface area contributed by atoms with E-state index in [2.05, 4.69) is 30.1 Å². The van der Waals surface area contributed by atoms with E-state index in [0.29, 0.717) is 0 Å². The number of hydrogen-bond donors (Lipinski definition) is 0. The number of aliphatic imine (C=N–C) groups is 1. The summed E-state index contributed by atoms with van der Waals surface area (Å²) in [6, 6.07) is 18.3. The van der Waals surface area contributed by atoms with E-state index in [0.717, 1.165) is 11.3 Å². The molecule has 1 atom stereocenters. The number of nitrogens with zero attached hydrogens (tertiary/aromatic N) is 1. The fourth-order valence-corrected chi connectivity index (χ4v) is 6.21. The summed E-state index contributed by atoms with van der Waals surface area (Å²) in [5, 5.41) is 0. The van der Waals surface area contributed by atoms with E-state index in [1.807, 2.05) is 36.4 Å². The quantitative estimate of drug-likeness (QED) is 0.594. The molecule has 0 aromatic heterocycles. The summed E-state index contributed by atoms with van der Waals surface area (Å²) in [5.74, 6) is 5.59. The van der Waals surface area contributed by atoms with Crippen LogP contribution < -0.4 is 4.74 Å². The summed E-state index contributed by atoms with van der Waals surface area (Å²) in [6.07, 6.45) is 11.2. The van der Waals surface area contributed by atoms with Crippen LogP contribution in [0.15, 0.2) is 59.6 Å². The molecule has 2 aromatic carbocycles. The molecule has 1 unspecified atom stereocenters. The highest BCUT2D eigenvalue weighted by Crippen LogP contribution is 2.53. The van der Waals surface area contributed by atoms with Crippen molar-refractivity contribution in [1.82, 2.24) is 0 Å². The molecule has 2 aromatic rings. The first kappa shape index (κ1) is 17.0. The van der Waals surface area contributed by atoms with Crippen LogP contribution in [0.1, 0.15) is 56.6 Å². The third-order valence-corrected chi connectivity index (χ3v) is 7.24. The summed E-state index contributed by atoms with van der Waals surface area (Å²) in [6.45, 7) is 2.11. The number of rotatable bonds is 1. The van der Waals surface area contributed by atoms with Crippen LogP contribution in [0.2, 0.25) is 0 Å². The fraction of sp³-hybridized carbons (Fsp3) is 0.480. The largest absolute Gasteiger partial charge is 0.446 e.